The van der Waals surface area contributed by atoms with Gasteiger partial charge in [0.25, 0.3) is 0 Å². The van der Waals surface area contributed by atoms with E-state index in [9.17, 15) is 21.6 Å². The van der Waals surface area contributed by atoms with Gasteiger partial charge in [-0.2, -0.15) is 14.6 Å². The Morgan fingerprint density at radius 2 is 1.70 bits per heavy atom. The van der Waals surface area contributed by atoms with Crippen molar-refractivity contribution in [3.8, 4) is 22.5 Å². The Kier molecular flexibility index (Phi) is 7.57. The van der Waals surface area contributed by atoms with Gasteiger partial charge in [0.15, 0.2) is 0 Å². The zero-order valence-corrected chi connectivity index (χ0v) is 22.2. The maximum atomic E-state index is 13.1. The Morgan fingerprint density at radius 3 is 2.30 bits per heavy atom. The number of sulfonamides is 1. The number of nitriles is 1. The third-order valence-corrected chi connectivity index (χ3v) is 8.58. The zero-order chi connectivity index (χ0) is 28.3. The number of piperazine rings is 1. The Morgan fingerprint density at radius 1 is 1.00 bits per heavy atom. The molecule has 0 atom stereocenters. The number of thiazole rings is 1. The highest BCUT2D eigenvalue weighted by molar-refractivity contribution is 7.89. The van der Waals surface area contributed by atoms with E-state index in [1.807, 2.05) is 10.3 Å². The quantitative estimate of drug-likeness (QED) is 0.330. The molecule has 1 saturated heterocycles. The second kappa shape index (κ2) is 11.1. The van der Waals surface area contributed by atoms with Crippen molar-refractivity contribution in [1.29, 1.82) is 5.26 Å². The molecule has 0 spiro atoms. The van der Waals surface area contributed by atoms with E-state index >= 15 is 0 Å². The highest BCUT2D eigenvalue weighted by Gasteiger charge is 2.32. The highest BCUT2D eigenvalue weighted by atomic mass is 32.2. The van der Waals surface area contributed by atoms with Crippen LogP contribution in [0.4, 0.5) is 30.6 Å². The molecule has 0 amide bonds. The average Bonchev–Trinajstić information content (AvgIpc) is 3.48. The van der Waals surface area contributed by atoms with Crippen LogP contribution >= 0.6 is 11.3 Å². The van der Waals surface area contributed by atoms with Crippen molar-refractivity contribution >= 4 is 38.8 Å². The molecule has 206 valence electrons. The second-order valence-electron chi connectivity index (χ2n) is 8.50. The molecular formula is C25H20F3N7O3S2. The van der Waals surface area contributed by atoms with Crippen LogP contribution in [0, 0.1) is 11.3 Å². The summed E-state index contributed by atoms with van der Waals surface area (Å²) in [5, 5.41) is 14.8. The van der Waals surface area contributed by atoms with E-state index in [1.54, 1.807) is 36.5 Å². The summed E-state index contributed by atoms with van der Waals surface area (Å²) in [5.74, 6) is 0.379. The van der Waals surface area contributed by atoms with Crippen LogP contribution < -0.4 is 15.0 Å². The standard InChI is InChI=1S/C25H20F3N7O3S2/c26-25(27,28)38-19-5-7-20(8-6-19)40(36,37)35-12-10-34(11-13-35)24-32-21(23-30-9-14-39-23)15-22(33-24)31-18-3-1-17(16-29)2-4-18/h1-9,14-15H,10-13H2,(H,31,32,33). The van der Waals surface area contributed by atoms with Gasteiger partial charge in [-0.25, -0.2) is 18.4 Å². The minimum absolute atomic E-state index is 0.117. The third kappa shape index (κ3) is 6.30. The van der Waals surface area contributed by atoms with E-state index in [4.69, 9.17) is 5.26 Å². The Balaban J connectivity index is 1.33. The predicted octanol–water partition coefficient (Wildman–Crippen LogP) is 4.62. The number of hydrogen-bond donors (Lipinski definition) is 1. The van der Waals surface area contributed by atoms with E-state index in [-0.39, 0.29) is 31.1 Å². The van der Waals surface area contributed by atoms with Crippen LogP contribution in [-0.2, 0) is 10.0 Å². The van der Waals surface area contributed by atoms with Crippen LogP contribution in [0.15, 0.2) is 71.1 Å². The number of alkyl halides is 3. The Labute approximate surface area is 231 Å². The molecule has 5 rings (SSSR count). The third-order valence-electron chi connectivity index (χ3n) is 5.87. The number of ether oxygens (including phenoxy) is 1. The Bertz CT molecular complexity index is 1620. The fourth-order valence-corrected chi connectivity index (χ4v) is 5.99. The lowest BCUT2D eigenvalue weighted by atomic mass is 10.2. The summed E-state index contributed by atoms with van der Waals surface area (Å²) in [6.07, 6.45) is -3.20. The minimum Gasteiger partial charge on any atom is -0.406 e. The molecule has 1 aliphatic rings. The largest absolute Gasteiger partial charge is 0.573 e. The van der Waals surface area contributed by atoms with Crippen molar-refractivity contribution in [2.75, 3.05) is 36.4 Å². The normalized spacial score (nSPS) is 14.5. The van der Waals surface area contributed by atoms with E-state index in [0.29, 0.717) is 28.0 Å². The number of nitrogens with one attached hydrogen (secondary N) is 1. The summed E-state index contributed by atoms with van der Waals surface area (Å²) < 4.78 is 68.6. The van der Waals surface area contributed by atoms with E-state index in [0.717, 1.165) is 30.0 Å². The molecule has 0 unspecified atom stereocenters. The first-order chi connectivity index (χ1) is 19.1. The van der Waals surface area contributed by atoms with Crippen LogP contribution in [0.1, 0.15) is 5.56 Å². The van der Waals surface area contributed by atoms with Gasteiger partial charge < -0.3 is 15.0 Å². The number of aromatic nitrogens is 3. The molecule has 0 radical (unpaired) electrons. The van der Waals surface area contributed by atoms with Gasteiger partial charge in [-0.15, -0.1) is 24.5 Å². The number of anilines is 3. The van der Waals surface area contributed by atoms with Crippen molar-refractivity contribution in [3.63, 3.8) is 0 Å². The van der Waals surface area contributed by atoms with E-state index in [1.165, 1.54) is 15.6 Å². The topological polar surface area (TPSA) is 124 Å². The lowest BCUT2D eigenvalue weighted by Crippen LogP contribution is -2.49. The molecule has 40 heavy (non-hydrogen) atoms. The number of rotatable bonds is 7. The first-order valence-electron chi connectivity index (χ1n) is 11.8. The van der Waals surface area contributed by atoms with Crippen LogP contribution in [-0.4, -0.2) is 60.2 Å². The van der Waals surface area contributed by atoms with Crippen LogP contribution in [0.25, 0.3) is 10.7 Å². The maximum absolute atomic E-state index is 13.1. The van der Waals surface area contributed by atoms with Crippen molar-refractivity contribution in [2.45, 2.75) is 11.3 Å². The number of hydrogen-bond acceptors (Lipinski definition) is 10. The molecule has 2 aromatic carbocycles. The zero-order valence-electron chi connectivity index (χ0n) is 20.5. The monoisotopic (exact) mass is 587 g/mol. The van der Waals surface area contributed by atoms with Gasteiger partial charge >= 0.3 is 6.36 Å². The minimum atomic E-state index is -4.87. The van der Waals surface area contributed by atoms with Crippen molar-refractivity contribution in [2.24, 2.45) is 0 Å². The smallest absolute Gasteiger partial charge is 0.406 e. The van der Waals surface area contributed by atoms with Crippen molar-refractivity contribution in [1.82, 2.24) is 19.3 Å². The van der Waals surface area contributed by atoms with Crippen LogP contribution in [0.2, 0.25) is 0 Å². The summed E-state index contributed by atoms with van der Waals surface area (Å²) in [4.78, 5) is 15.3. The summed E-state index contributed by atoms with van der Waals surface area (Å²) in [7, 11) is -3.94. The van der Waals surface area contributed by atoms with Gasteiger partial charge in [0.1, 0.15) is 22.3 Å². The van der Waals surface area contributed by atoms with Gasteiger partial charge in [0.2, 0.25) is 16.0 Å². The summed E-state index contributed by atoms with van der Waals surface area (Å²) in [6.45, 7) is 0.803. The van der Waals surface area contributed by atoms with Crippen LogP contribution in [0.5, 0.6) is 5.75 Å². The predicted molar refractivity (Wildman–Crippen MR) is 142 cm³/mol. The summed E-state index contributed by atoms with van der Waals surface area (Å²) >= 11 is 1.41. The van der Waals surface area contributed by atoms with Crippen LogP contribution in [0.3, 0.4) is 0 Å². The summed E-state index contributed by atoms with van der Waals surface area (Å²) in [5.41, 5.74) is 1.83. The molecule has 2 aromatic heterocycles. The van der Waals surface area contributed by atoms with E-state index < -0.39 is 22.1 Å². The fraction of sp³-hybridized carbons (Fsp3) is 0.200. The fourth-order valence-electron chi connectivity index (χ4n) is 3.97. The van der Waals surface area contributed by atoms with Gasteiger partial charge in [0, 0.05) is 49.5 Å². The first-order valence-corrected chi connectivity index (χ1v) is 14.1. The molecule has 4 aromatic rings. The van der Waals surface area contributed by atoms with Gasteiger partial charge in [0.05, 0.1) is 16.5 Å². The molecule has 1 fully saturated rings. The molecule has 3 heterocycles. The SMILES string of the molecule is N#Cc1ccc(Nc2cc(-c3nccs3)nc(N3CCN(S(=O)(=O)c4ccc(OC(F)(F)F)cc4)CC3)n2)cc1. The first kappa shape index (κ1) is 27.3. The highest BCUT2D eigenvalue weighted by Crippen LogP contribution is 2.29. The molecule has 1 N–H and O–H groups in total. The van der Waals surface area contributed by atoms with Crippen molar-refractivity contribution < 1.29 is 26.3 Å². The second-order valence-corrected chi connectivity index (χ2v) is 11.3. The van der Waals surface area contributed by atoms with Gasteiger partial charge in [-0.3, -0.25) is 0 Å². The average molecular weight is 588 g/mol. The molecule has 0 aliphatic carbocycles. The Hall–Kier alpha value is -4.26. The number of nitrogens with zero attached hydrogens (tertiary/aromatic N) is 6. The number of halogens is 3. The molecular weight excluding hydrogens is 567 g/mol. The molecule has 0 saturated carbocycles. The van der Waals surface area contributed by atoms with E-state index in [2.05, 4.69) is 31.1 Å². The maximum Gasteiger partial charge on any atom is 0.573 e. The van der Waals surface area contributed by atoms with Gasteiger partial charge in [-0.05, 0) is 48.5 Å². The van der Waals surface area contributed by atoms with Gasteiger partial charge in [-0.1, -0.05) is 0 Å². The summed E-state index contributed by atoms with van der Waals surface area (Å²) in [6, 6.07) is 14.8. The molecule has 1 aliphatic heterocycles. The lowest BCUT2D eigenvalue weighted by molar-refractivity contribution is -0.274. The van der Waals surface area contributed by atoms with Crippen molar-refractivity contribution in [3.05, 3.63) is 71.7 Å². The molecule has 0 bridgehead atoms. The molecule has 15 heteroatoms. The number of benzene rings is 2. The molecule has 10 nitrogen and oxygen atoms in total. The lowest BCUT2D eigenvalue weighted by Gasteiger charge is -2.34.